The summed E-state index contributed by atoms with van der Waals surface area (Å²) in [5.41, 5.74) is 7.18. The summed E-state index contributed by atoms with van der Waals surface area (Å²) < 4.78 is 31.9. The Morgan fingerprint density at radius 3 is 2.54 bits per heavy atom. The van der Waals surface area contributed by atoms with Gasteiger partial charge in [0.15, 0.2) is 0 Å². The highest BCUT2D eigenvalue weighted by molar-refractivity contribution is 7.88. The van der Waals surface area contributed by atoms with Gasteiger partial charge < -0.3 is 15.8 Å². The highest BCUT2D eigenvalue weighted by Crippen LogP contribution is 2.22. The number of methoxy groups -OCH3 is 1. The Labute approximate surface area is 155 Å². The maximum absolute atomic E-state index is 12.7. The molecule has 0 radical (unpaired) electrons. The van der Waals surface area contributed by atoms with Crippen molar-refractivity contribution in [3.05, 3.63) is 35.4 Å². The molecule has 1 saturated heterocycles. The van der Waals surface area contributed by atoms with Crippen LogP contribution in [-0.2, 0) is 31.9 Å². The van der Waals surface area contributed by atoms with Crippen LogP contribution in [0.15, 0.2) is 24.3 Å². The van der Waals surface area contributed by atoms with Gasteiger partial charge in [0, 0.05) is 26.7 Å². The van der Waals surface area contributed by atoms with E-state index in [9.17, 15) is 13.2 Å². The Morgan fingerprint density at radius 1 is 1.31 bits per heavy atom. The second-order valence-electron chi connectivity index (χ2n) is 6.89. The van der Waals surface area contributed by atoms with E-state index in [1.54, 1.807) is 10.4 Å². The first-order valence-corrected chi connectivity index (χ1v) is 10.5. The fraction of sp³-hybridized carbons (Fsp3) is 0.611. The summed E-state index contributed by atoms with van der Waals surface area (Å²) >= 11 is 0. The topological polar surface area (TPSA) is 102 Å². The highest BCUT2D eigenvalue weighted by atomic mass is 32.2. The van der Waals surface area contributed by atoms with E-state index in [1.165, 1.54) is 7.11 Å². The molecule has 1 unspecified atom stereocenters. The Kier molecular flexibility index (Phi) is 7.57. The third kappa shape index (κ3) is 5.77. The molecular formula is C18H29N3O4S. The number of piperidine rings is 1. The van der Waals surface area contributed by atoms with Crippen LogP contribution in [0.2, 0.25) is 0 Å². The molecule has 2 rings (SSSR count). The van der Waals surface area contributed by atoms with Crippen molar-refractivity contribution in [3.63, 3.8) is 0 Å². The number of amides is 1. The molecule has 1 aromatic carbocycles. The lowest BCUT2D eigenvalue weighted by Gasteiger charge is -2.29. The van der Waals surface area contributed by atoms with Gasteiger partial charge >= 0.3 is 0 Å². The van der Waals surface area contributed by atoms with Crippen LogP contribution in [-0.4, -0.2) is 51.5 Å². The van der Waals surface area contributed by atoms with Gasteiger partial charge in [0.1, 0.15) is 6.04 Å². The lowest BCUT2D eigenvalue weighted by molar-refractivity contribution is -0.123. The standard InChI is InChI=1S/C18H29N3O4S/c1-14-7-9-21(10-8-14)26(23,24)13-16-6-4-3-5-15(16)11-20-18(22)17(19)12-25-2/h3-6,14,17H,7-13,19H2,1-2H3,(H,20,22). The second-order valence-corrected chi connectivity index (χ2v) is 8.86. The van der Waals surface area contributed by atoms with Gasteiger partial charge in [0.2, 0.25) is 15.9 Å². The summed E-state index contributed by atoms with van der Waals surface area (Å²) in [5, 5.41) is 2.74. The van der Waals surface area contributed by atoms with Crippen LogP contribution >= 0.6 is 0 Å². The number of sulfonamides is 1. The van der Waals surface area contributed by atoms with E-state index < -0.39 is 16.1 Å². The number of hydrogen-bond donors (Lipinski definition) is 2. The van der Waals surface area contributed by atoms with Crippen molar-refractivity contribution in [2.75, 3.05) is 26.8 Å². The molecule has 0 spiro atoms. The van der Waals surface area contributed by atoms with Crippen LogP contribution in [0.3, 0.4) is 0 Å². The van der Waals surface area contributed by atoms with Crippen molar-refractivity contribution < 1.29 is 17.9 Å². The largest absolute Gasteiger partial charge is 0.383 e. The van der Waals surface area contributed by atoms with Crippen molar-refractivity contribution in [1.29, 1.82) is 0 Å². The molecule has 26 heavy (non-hydrogen) atoms. The van der Waals surface area contributed by atoms with Crippen LogP contribution in [0, 0.1) is 5.92 Å². The quantitative estimate of drug-likeness (QED) is 0.693. The third-order valence-electron chi connectivity index (χ3n) is 4.73. The molecular weight excluding hydrogens is 354 g/mol. The van der Waals surface area contributed by atoms with Gasteiger partial charge in [-0.05, 0) is 29.9 Å². The van der Waals surface area contributed by atoms with E-state index in [-0.39, 0.29) is 24.8 Å². The maximum Gasteiger partial charge on any atom is 0.239 e. The monoisotopic (exact) mass is 383 g/mol. The van der Waals surface area contributed by atoms with E-state index in [4.69, 9.17) is 10.5 Å². The van der Waals surface area contributed by atoms with Crippen molar-refractivity contribution in [1.82, 2.24) is 9.62 Å². The van der Waals surface area contributed by atoms with E-state index in [2.05, 4.69) is 12.2 Å². The molecule has 1 aliphatic heterocycles. The van der Waals surface area contributed by atoms with Gasteiger partial charge in [-0.2, -0.15) is 0 Å². The summed E-state index contributed by atoms with van der Waals surface area (Å²) in [7, 11) is -1.89. The zero-order valence-electron chi connectivity index (χ0n) is 15.5. The van der Waals surface area contributed by atoms with Crippen LogP contribution in [0.5, 0.6) is 0 Å². The first kappa shape index (κ1) is 20.8. The molecule has 0 aliphatic carbocycles. The van der Waals surface area contributed by atoms with Crippen LogP contribution in [0.25, 0.3) is 0 Å². The predicted molar refractivity (Wildman–Crippen MR) is 101 cm³/mol. The molecule has 1 aromatic rings. The number of rotatable bonds is 8. The SMILES string of the molecule is COCC(N)C(=O)NCc1ccccc1CS(=O)(=O)N1CCC(C)CC1. The van der Waals surface area contributed by atoms with Crippen LogP contribution in [0.4, 0.5) is 0 Å². The number of benzene rings is 1. The number of nitrogens with zero attached hydrogens (tertiary/aromatic N) is 1. The molecule has 1 heterocycles. The molecule has 1 atom stereocenters. The van der Waals surface area contributed by atoms with E-state index >= 15 is 0 Å². The van der Waals surface area contributed by atoms with Crippen molar-refractivity contribution in [2.45, 2.75) is 38.1 Å². The smallest absolute Gasteiger partial charge is 0.239 e. The molecule has 1 aliphatic rings. The molecule has 0 bridgehead atoms. The Morgan fingerprint density at radius 2 is 1.92 bits per heavy atom. The number of ether oxygens (including phenoxy) is 1. The third-order valence-corrected chi connectivity index (χ3v) is 6.56. The molecule has 7 nitrogen and oxygen atoms in total. The predicted octanol–water partition coefficient (Wildman–Crippen LogP) is 0.838. The van der Waals surface area contributed by atoms with Gasteiger partial charge in [-0.1, -0.05) is 31.2 Å². The maximum atomic E-state index is 12.7. The number of hydrogen-bond acceptors (Lipinski definition) is 5. The molecule has 8 heteroatoms. The summed E-state index contributed by atoms with van der Waals surface area (Å²) in [4.78, 5) is 11.9. The van der Waals surface area contributed by atoms with Crippen molar-refractivity contribution in [3.8, 4) is 0 Å². The minimum atomic E-state index is -3.37. The minimum absolute atomic E-state index is 0.0580. The number of carbonyl (C=O) groups is 1. The second kappa shape index (κ2) is 9.45. The first-order chi connectivity index (χ1) is 12.3. The Bertz CT molecular complexity index is 700. The van der Waals surface area contributed by atoms with Gasteiger partial charge in [0.05, 0.1) is 12.4 Å². The van der Waals surface area contributed by atoms with Gasteiger partial charge in [-0.15, -0.1) is 0 Å². The van der Waals surface area contributed by atoms with Gasteiger partial charge in [0.25, 0.3) is 0 Å². The molecule has 1 amide bonds. The molecule has 1 fully saturated rings. The lowest BCUT2D eigenvalue weighted by atomic mass is 10.0. The normalized spacial score (nSPS) is 17.8. The number of carbonyl (C=O) groups excluding carboxylic acids is 1. The summed E-state index contributed by atoms with van der Waals surface area (Å²) in [6.07, 6.45) is 1.79. The molecule has 0 saturated carbocycles. The van der Waals surface area contributed by atoms with Gasteiger partial charge in [-0.3, -0.25) is 4.79 Å². The van der Waals surface area contributed by atoms with Crippen molar-refractivity contribution >= 4 is 15.9 Å². The summed E-state index contributed by atoms with van der Waals surface area (Å²) in [5.74, 6) is 0.187. The molecule has 0 aromatic heterocycles. The molecule has 146 valence electrons. The Hall–Kier alpha value is -1.48. The van der Waals surface area contributed by atoms with Crippen molar-refractivity contribution in [2.24, 2.45) is 11.7 Å². The first-order valence-electron chi connectivity index (χ1n) is 8.90. The average molecular weight is 384 g/mol. The van der Waals surface area contributed by atoms with E-state index in [0.29, 0.717) is 24.6 Å². The number of nitrogens with two attached hydrogens (primary N) is 1. The fourth-order valence-corrected chi connectivity index (χ4v) is 4.61. The van der Waals surface area contributed by atoms with Crippen LogP contribution in [0.1, 0.15) is 30.9 Å². The Balaban J connectivity index is 2.03. The van der Waals surface area contributed by atoms with Crippen LogP contribution < -0.4 is 11.1 Å². The minimum Gasteiger partial charge on any atom is -0.383 e. The average Bonchev–Trinajstić information content (AvgIpc) is 2.61. The number of nitrogens with one attached hydrogen (secondary N) is 1. The molecule has 3 N–H and O–H groups in total. The zero-order chi connectivity index (χ0) is 19.2. The summed E-state index contributed by atoms with van der Waals surface area (Å²) in [6, 6.07) is 6.51. The van der Waals surface area contributed by atoms with E-state index in [0.717, 1.165) is 18.4 Å². The van der Waals surface area contributed by atoms with E-state index in [1.807, 2.05) is 18.2 Å². The van der Waals surface area contributed by atoms with Gasteiger partial charge in [-0.25, -0.2) is 12.7 Å². The fourth-order valence-electron chi connectivity index (χ4n) is 2.99. The highest BCUT2D eigenvalue weighted by Gasteiger charge is 2.27. The lowest BCUT2D eigenvalue weighted by Crippen LogP contribution is -2.43. The summed E-state index contributed by atoms with van der Waals surface area (Å²) in [6.45, 7) is 3.67. The zero-order valence-corrected chi connectivity index (χ0v) is 16.3.